The minimum atomic E-state index is 0.341. The summed E-state index contributed by atoms with van der Waals surface area (Å²) < 4.78 is 1.97. The van der Waals surface area contributed by atoms with E-state index in [2.05, 4.69) is 53.2 Å². The Hall–Kier alpha value is -0.380. The zero-order valence-electron chi connectivity index (χ0n) is 9.78. The number of hydrogen-bond donors (Lipinski definition) is 0. The van der Waals surface area contributed by atoms with E-state index in [4.69, 9.17) is 0 Å². The molecule has 0 bridgehead atoms. The van der Waals surface area contributed by atoms with Crippen LogP contribution in [0.3, 0.4) is 0 Å². The van der Waals surface area contributed by atoms with Crippen molar-refractivity contribution >= 4 is 15.9 Å². The molecule has 0 amide bonds. The molecule has 0 aliphatic rings. The minimum absolute atomic E-state index is 0.341. The third-order valence-electron chi connectivity index (χ3n) is 2.84. The van der Waals surface area contributed by atoms with Crippen LogP contribution in [-0.4, -0.2) is 15.0 Å². The molecule has 0 aliphatic heterocycles. The third-order valence-corrected chi connectivity index (χ3v) is 3.95. The lowest BCUT2D eigenvalue weighted by Gasteiger charge is -2.10. The topological polar surface area (TPSA) is 30.7 Å². The zero-order chi connectivity index (χ0) is 11.3. The van der Waals surface area contributed by atoms with Crippen molar-refractivity contribution in [3.63, 3.8) is 0 Å². The van der Waals surface area contributed by atoms with Gasteiger partial charge in [-0.3, -0.25) is 4.68 Å². The van der Waals surface area contributed by atoms with Crippen molar-refractivity contribution in [2.75, 3.05) is 0 Å². The molecule has 15 heavy (non-hydrogen) atoms. The molecule has 1 aromatic rings. The molecule has 1 unspecified atom stereocenters. The predicted octanol–water partition coefficient (Wildman–Crippen LogP) is 3.56. The van der Waals surface area contributed by atoms with Crippen LogP contribution in [0.5, 0.6) is 0 Å². The molecule has 1 aromatic heterocycles. The molecule has 0 saturated carbocycles. The average Bonchev–Trinajstić information content (AvgIpc) is 2.73. The molecule has 0 N–H and O–H groups in total. The first-order valence-corrected chi connectivity index (χ1v) is 6.66. The van der Waals surface area contributed by atoms with Gasteiger partial charge >= 0.3 is 0 Å². The molecule has 86 valence electrons. The highest BCUT2D eigenvalue weighted by Crippen LogP contribution is 2.23. The molecule has 0 saturated heterocycles. The van der Waals surface area contributed by atoms with Gasteiger partial charge in [-0.15, -0.1) is 5.10 Å². The van der Waals surface area contributed by atoms with Gasteiger partial charge < -0.3 is 0 Å². The Bertz CT molecular complexity index is 281. The van der Waals surface area contributed by atoms with E-state index in [1.165, 1.54) is 12.8 Å². The molecule has 0 radical (unpaired) electrons. The lowest BCUT2D eigenvalue weighted by Crippen LogP contribution is -2.09. The van der Waals surface area contributed by atoms with Crippen molar-refractivity contribution in [1.82, 2.24) is 15.0 Å². The van der Waals surface area contributed by atoms with Gasteiger partial charge in [0.05, 0.1) is 10.5 Å². The van der Waals surface area contributed by atoms with Crippen LogP contribution in [0.25, 0.3) is 0 Å². The minimum Gasteiger partial charge on any atom is -0.252 e. The van der Waals surface area contributed by atoms with E-state index >= 15 is 0 Å². The van der Waals surface area contributed by atoms with E-state index < -0.39 is 0 Å². The average molecular weight is 274 g/mol. The maximum atomic E-state index is 4.17. The SMILES string of the molecule is CCC(CC)Cn1cc(C(Br)CC)nn1. The molecule has 0 aromatic carbocycles. The molecular weight excluding hydrogens is 254 g/mol. The maximum Gasteiger partial charge on any atom is 0.0963 e. The number of hydrogen-bond acceptors (Lipinski definition) is 2. The van der Waals surface area contributed by atoms with E-state index in [1.807, 2.05) is 4.68 Å². The molecule has 4 heteroatoms. The van der Waals surface area contributed by atoms with Crippen molar-refractivity contribution in [2.24, 2.45) is 5.92 Å². The maximum absolute atomic E-state index is 4.17. The Labute approximate surface area is 100 Å². The molecule has 1 heterocycles. The standard InChI is InChI=1S/C11H20BrN3/c1-4-9(5-2)7-15-8-11(13-14-15)10(12)6-3/h8-10H,4-7H2,1-3H3. The van der Waals surface area contributed by atoms with Gasteiger partial charge in [-0.25, -0.2) is 0 Å². The second-order valence-electron chi connectivity index (χ2n) is 3.92. The number of rotatable bonds is 6. The van der Waals surface area contributed by atoms with Gasteiger partial charge in [0.15, 0.2) is 0 Å². The summed E-state index contributed by atoms with van der Waals surface area (Å²) in [6.07, 6.45) is 5.51. The predicted molar refractivity (Wildman–Crippen MR) is 66.1 cm³/mol. The Morgan fingerprint density at radius 2 is 1.93 bits per heavy atom. The van der Waals surface area contributed by atoms with Crippen LogP contribution in [0.1, 0.15) is 50.6 Å². The second-order valence-corrected chi connectivity index (χ2v) is 5.03. The van der Waals surface area contributed by atoms with E-state index in [-0.39, 0.29) is 0 Å². The van der Waals surface area contributed by atoms with Crippen molar-refractivity contribution in [3.05, 3.63) is 11.9 Å². The fraction of sp³-hybridized carbons (Fsp3) is 0.818. The van der Waals surface area contributed by atoms with Gasteiger partial charge in [0.2, 0.25) is 0 Å². The van der Waals surface area contributed by atoms with Gasteiger partial charge in [0.25, 0.3) is 0 Å². The van der Waals surface area contributed by atoms with Gasteiger partial charge in [0, 0.05) is 12.7 Å². The summed E-state index contributed by atoms with van der Waals surface area (Å²) in [7, 11) is 0. The van der Waals surface area contributed by atoms with Crippen LogP contribution < -0.4 is 0 Å². The highest BCUT2D eigenvalue weighted by atomic mass is 79.9. The summed E-state index contributed by atoms with van der Waals surface area (Å²) in [6.45, 7) is 7.58. The quantitative estimate of drug-likeness (QED) is 0.742. The number of halogens is 1. The van der Waals surface area contributed by atoms with Crippen LogP contribution in [0.4, 0.5) is 0 Å². The van der Waals surface area contributed by atoms with Gasteiger partial charge in [0.1, 0.15) is 0 Å². The van der Waals surface area contributed by atoms with E-state index in [0.717, 1.165) is 24.6 Å². The molecule has 3 nitrogen and oxygen atoms in total. The van der Waals surface area contributed by atoms with E-state index in [9.17, 15) is 0 Å². The summed E-state index contributed by atoms with van der Waals surface area (Å²) >= 11 is 3.58. The zero-order valence-corrected chi connectivity index (χ0v) is 11.4. The Morgan fingerprint density at radius 3 is 2.47 bits per heavy atom. The summed E-state index contributed by atoms with van der Waals surface area (Å²) in [5.41, 5.74) is 1.04. The van der Waals surface area contributed by atoms with Crippen LogP contribution >= 0.6 is 15.9 Å². The van der Waals surface area contributed by atoms with Crippen LogP contribution in [-0.2, 0) is 6.54 Å². The number of nitrogens with zero attached hydrogens (tertiary/aromatic N) is 3. The Kier molecular flexibility index (Phi) is 5.29. The Balaban J connectivity index is 2.59. The van der Waals surface area contributed by atoms with Crippen molar-refractivity contribution in [2.45, 2.75) is 51.4 Å². The largest absolute Gasteiger partial charge is 0.252 e. The first-order valence-electron chi connectivity index (χ1n) is 5.75. The van der Waals surface area contributed by atoms with Crippen LogP contribution in [0, 0.1) is 5.92 Å². The second kappa shape index (κ2) is 6.26. The molecular formula is C11H20BrN3. The van der Waals surface area contributed by atoms with E-state index in [0.29, 0.717) is 4.83 Å². The van der Waals surface area contributed by atoms with Gasteiger partial charge in [-0.2, -0.15) is 0 Å². The summed E-state index contributed by atoms with van der Waals surface area (Å²) in [4.78, 5) is 0.341. The fourth-order valence-electron chi connectivity index (χ4n) is 1.57. The summed E-state index contributed by atoms with van der Waals surface area (Å²) in [6, 6.07) is 0. The molecule has 0 fully saturated rings. The lowest BCUT2D eigenvalue weighted by molar-refractivity contribution is 0.390. The van der Waals surface area contributed by atoms with Crippen molar-refractivity contribution in [1.29, 1.82) is 0 Å². The van der Waals surface area contributed by atoms with E-state index in [1.54, 1.807) is 0 Å². The molecule has 0 spiro atoms. The lowest BCUT2D eigenvalue weighted by atomic mass is 10.0. The van der Waals surface area contributed by atoms with Crippen LogP contribution in [0.2, 0.25) is 0 Å². The summed E-state index contributed by atoms with van der Waals surface area (Å²) in [5.74, 6) is 0.718. The first-order chi connectivity index (χ1) is 7.21. The van der Waals surface area contributed by atoms with Crippen molar-refractivity contribution in [3.8, 4) is 0 Å². The number of aromatic nitrogens is 3. The highest BCUT2D eigenvalue weighted by Gasteiger charge is 2.11. The van der Waals surface area contributed by atoms with Gasteiger partial charge in [-0.05, 0) is 12.3 Å². The Morgan fingerprint density at radius 1 is 1.27 bits per heavy atom. The third kappa shape index (κ3) is 3.59. The van der Waals surface area contributed by atoms with Crippen LogP contribution in [0.15, 0.2) is 6.20 Å². The van der Waals surface area contributed by atoms with Gasteiger partial charge in [-0.1, -0.05) is 54.8 Å². The molecule has 1 atom stereocenters. The monoisotopic (exact) mass is 273 g/mol. The molecule has 1 rings (SSSR count). The normalized spacial score (nSPS) is 13.4. The smallest absolute Gasteiger partial charge is 0.0963 e. The van der Waals surface area contributed by atoms with Crippen molar-refractivity contribution < 1.29 is 0 Å². The fourth-order valence-corrected chi connectivity index (χ4v) is 1.78. The first kappa shape index (κ1) is 12.7. The molecule has 0 aliphatic carbocycles. The highest BCUT2D eigenvalue weighted by molar-refractivity contribution is 9.09. The summed E-state index contributed by atoms with van der Waals surface area (Å²) in [5, 5.41) is 8.33. The number of alkyl halides is 1.